The number of halogens is 1. The number of benzene rings is 3. The molecule has 0 saturated carbocycles. The Bertz CT molecular complexity index is 1140. The molecule has 0 aliphatic carbocycles. The topological polar surface area (TPSA) is 84.5 Å². The van der Waals surface area contributed by atoms with Crippen molar-refractivity contribution < 1.29 is 17.9 Å². The summed E-state index contributed by atoms with van der Waals surface area (Å²) < 4.78 is 33.2. The standard InChI is InChI=1S/C22H21ClN2O4S/c1-3-29-21-19(23)5-4-6-20(21)24-22(26)16-9-13-18(14-10-16)30(27,28)25-17-11-7-15(2)8-12-17/h4-14,25H,3H2,1-2H3,(H,24,26). The maximum absolute atomic E-state index is 12.6. The number of carbonyl (C=O) groups excluding carboxylic acids is 1. The van der Waals surface area contributed by atoms with Gasteiger partial charge in [0.15, 0.2) is 5.75 Å². The van der Waals surface area contributed by atoms with E-state index in [1.165, 1.54) is 24.3 Å². The third-order valence-corrected chi connectivity index (χ3v) is 5.93. The van der Waals surface area contributed by atoms with Gasteiger partial charge in [-0.3, -0.25) is 9.52 Å². The van der Waals surface area contributed by atoms with Crippen LogP contribution >= 0.6 is 11.6 Å². The molecule has 0 fully saturated rings. The maximum Gasteiger partial charge on any atom is 0.261 e. The van der Waals surface area contributed by atoms with Gasteiger partial charge in [0, 0.05) is 11.3 Å². The van der Waals surface area contributed by atoms with Gasteiger partial charge in [0.25, 0.3) is 15.9 Å². The normalized spacial score (nSPS) is 11.0. The van der Waals surface area contributed by atoms with Crippen LogP contribution in [0.15, 0.2) is 71.6 Å². The fraction of sp³-hybridized carbons (Fsp3) is 0.136. The number of carbonyl (C=O) groups is 1. The van der Waals surface area contributed by atoms with Gasteiger partial charge in [-0.05, 0) is 62.4 Å². The molecule has 0 aliphatic heterocycles. The number of nitrogens with one attached hydrogen (secondary N) is 2. The first-order valence-corrected chi connectivity index (χ1v) is 11.1. The molecule has 3 rings (SSSR count). The van der Waals surface area contributed by atoms with E-state index in [0.29, 0.717) is 34.3 Å². The summed E-state index contributed by atoms with van der Waals surface area (Å²) in [6.07, 6.45) is 0. The zero-order valence-electron chi connectivity index (χ0n) is 16.5. The van der Waals surface area contributed by atoms with Crippen molar-refractivity contribution in [1.29, 1.82) is 0 Å². The largest absolute Gasteiger partial charge is 0.490 e. The second-order valence-electron chi connectivity index (χ2n) is 6.50. The van der Waals surface area contributed by atoms with Crippen LogP contribution in [0.25, 0.3) is 0 Å². The minimum atomic E-state index is -3.77. The summed E-state index contributed by atoms with van der Waals surface area (Å²) in [6.45, 7) is 4.13. The highest BCUT2D eigenvalue weighted by atomic mass is 35.5. The van der Waals surface area contributed by atoms with Crippen molar-refractivity contribution in [1.82, 2.24) is 0 Å². The Hall–Kier alpha value is -3.03. The Labute approximate surface area is 180 Å². The van der Waals surface area contributed by atoms with Gasteiger partial charge in [0.2, 0.25) is 0 Å². The van der Waals surface area contributed by atoms with Crippen LogP contribution in [0, 0.1) is 6.92 Å². The Morgan fingerprint density at radius 1 is 1.00 bits per heavy atom. The molecule has 3 aromatic rings. The Balaban J connectivity index is 1.76. The Morgan fingerprint density at radius 2 is 1.67 bits per heavy atom. The van der Waals surface area contributed by atoms with Crippen molar-refractivity contribution >= 4 is 38.9 Å². The number of hydrogen-bond acceptors (Lipinski definition) is 4. The van der Waals surface area contributed by atoms with Gasteiger partial charge in [-0.1, -0.05) is 35.4 Å². The number of aryl methyl sites for hydroxylation is 1. The van der Waals surface area contributed by atoms with Crippen LogP contribution in [-0.2, 0) is 10.0 Å². The van der Waals surface area contributed by atoms with E-state index in [2.05, 4.69) is 10.0 Å². The van der Waals surface area contributed by atoms with E-state index in [4.69, 9.17) is 16.3 Å². The second kappa shape index (κ2) is 9.19. The average Bonchev–Trinajstić information content (AvgIpc) is 2.72. The Kier molecular flexibility index (Phi) is 6.64. The third kappa shape index (κ3) is 5.11. The molecule has 0 aliphatic rings. The van der Waals surface area contributed by atoms with Gasteiger partial charge in [0.05, 0.1) is 22.2 Å². The van der Waals surface area contributed by atoms with Crippen LogP contribution in [0.4, 0.5) is 11.4 Å². The van der Waals surface area contributed by atoms with Gasteiger partial charge < -0.3 is 10.1 Å². The molecular formula is C22H21ClN2O4S. The summed E-state index contributed by atoms with van der Waals surface area (Å²) in [6, 6.07) is 17.7. The number of sulfonamides is 1. The van der Waals surface area contributed by atoms with E-state index in [9.17, 15) is 13.2 Å². The lowest BCUT2D eigenvalue weighted by Gasteiger charge is -2.13. The summed E-state index contributed by atoms with van der Waals surface area (Å²) in [5, 5.41) is 3.13. The molecule has 156 valence electrons. The number of rotatable bonds is 7. The van der Waals surface area contributed by atoms with Crippen LogP contribution in [0.5, 0.6) is 5.75 Å². The molecule has 30 heavy (non-hydrogen) atoms. The summed E-state index contributed by atoms with van der Waals surface area (Å²) >= 11 is 6.13. The molecule has 8 heteroatoms. The van der Waals surface area contributed by atoms with E-state index in [0.717, 1.165) is 5.56 Å². The lowest BCUT2D eigenvalue weighted by Crippen LogP contribution is -2.15. The van der Waals surface area contributed by atoms with Gasteiger partial charge in [0.1, 0.15) is 0 Å². The molecule has 0 saturated heterocycles. The third-order valence-electron chi connectivity index (χ3n) is 4.23. The first kappa shape index (κ1) is 21.7. The molecule has 0 spiro atoms. The minimum absolute atomic E-state index is 0.0531. The fourth-order valence-electron chi connectivity index (χ4n) is 2.71. The maximum atomic E-state index is 12.6. The molecule has 0 unspecified atom stereocenters. The smallest absolute Gasteiger partial charge is 0.261 e. The van der Waals surface area contributed by atoms with Gasteiger partial charge in [-0.2, -0.15) is 0 Å². The highest BCUT2D eigenvalue weighted by Gasteiger charge is 2.16. The van der Waals surface area contributed by atoms with E-state index in [1.54, 1.807) is 30.3 Å². The Morgan fingerprint density at radius 3 is 2.30 bits per heavy atom. The zero-order valence-corrected chi connectivity index (χ0v) is 18.0. The van der Waals surface area contributed by atoms with Crippen molar-refractivity contribution in [2.45, 2.75) is 18.7 Å². The summed E-state index contributed by atoms with van der Waals surface area (Å²) in [5.41, 5.74) is 2.23. The van der Waals surface area contributed by atoms with Crippen molar-refractivity contribution in [3.8, 4) is 5.75 Å². The molecule has 0 bridgehead atoms. The zero-order chi connectivity index (χ0) is 21.7. The van der Waals surface area contributed by atoms with Crippen LogP contribution < -0.4 is 14.8 Å². The van der Waals surface area contributed by atoms with Gasteiger partial charge in [-0.25, -0.2) is 8.42 Å². The lowest BCUT2D eigenvalue weighted by atomic mass is 10.2. The SMILES string of the molecule is CCOc1c(Cl)cccc1NC(=O)c1ccc(S(=O)(=O)Nc2ccc(C)cc2)cc1. The van der Waals surface area contributed by atoms with Crippen LogP contribution in [0.1, 0.15) is 22.8 Å². The van der Waals surface area contributed by atoms with E-state index >= 15 is 0 Å². The molecule has 2 N–H and O–H groups in total. The molecule has 0 heterocycles. The summed E-state index contributed by atoms with van der Waals surface area (Å²) in [7, 11) is -3.77. The van der Waals surface area contributed by atoms with E-state index < -0.39 is 15.9 Å². The van der Waals surface area contributed by atoms with E-state index in [-0.39, 0.29) is 4.90 Å². The summed E-state index contributed by atoms with van der Waals surface area (Å²) in [5.74, 6) is -0.0230. The highest BCUT2D eigenvalue weighted by Crippen LogP contribution is 2.33. The highest BCUT2D eigenvalue weighted by molar-refractivity contribution is 7.92. The summed E-state index contributed by atoms with van der Waals surface area (Å²) in [4.78, 5) is 12.6. The first-order chi connectivity index (χ1) is 14.3. The quantitative estimate of drug-likeness (QED) is 0.531. The number of para-hydroxylation sites is 1. The van der Waals surface area contributed by atoms with Crippen LogP contribution in [-0.4, -0.2) is 20.9 Å². The molecule has 1 amide bonds. The predicted octanol–water partition coefficient (Wildman–Crippen LogP) is 5.10. The predicted molar refractivity (Wildman–Crippen MR) is 119 cm³/mol. The molecule has 6 nitrogen and oxygen atoms in total. The number of hydrogen-bond donors (Lipinski definition) is 2. The number of ether oxygens (including phenoxy) is 1. The van der Waals surface area contributed by atoms with E-state index in [1.807, 2.05) is 26.0 Å². The molecular weight excluding hydrogens is 424 g/mol. The number of anilines is 2. The minimum Gasteiger partial charge on any atom is -0.490 e. The molecule has 0 aromatic heterocycles. The first-order valence-electron chi connectivity index (χ1n) is 9.22. The number of amides is 1. The van der Waals surface area contributed by atoms with Gasteiger partial charge in [-0.15, -0.1) is 0 Å². The second-order valence-corrected chi connectivity index (χ2v) is 8.59. The van der Waals surface area contributed by atoms with Crippen LogP contribution in [0.2, 0.25) is 5.02 Å². The molecule has 0 radical (unpaired) electrons. The van der Waals surface area contributed by atoms with Crippen molar-refractivity contribution in [3.63, 3.8) is 0 Å². The van der Waals surface area contributed by atoms with Crippen molar-refractivity contribution in [2.75, 3.05) is 16.6 Å². The van der Waals surface area contributed by atoms with Crippen molar-refractivity contribution in [2.24, 2.45) is 0 Å². The molecule has 3 aromatic carbocycles. The van der Waals surface area contributed by atoms with Gasteiger partial charge >= 0.3 is 0 Å². The van der Waals surface area contributed by atoms with Crippen LogP contribution in [0.3, 0.4) is 0 Å². The monoisotopic (exact) mass is 444 g/mol. The van der Waals surface area contributed by atoms with Crippen molar-refractivity contribution in [3.05, 3.63) is 82.9 Å². The fourth-order valence-corrected chi connectivity index (χ4v) is 4.00. The molecule has 0 atom stereocenters. The average molecular weight is 445 g/mol. The lowest BCUT2D eigenvalue weighted by molar-refractivity contribution is 0.102.